The fraction of sp³-hybridized carbons (Fsp3) is 0.455. The Kier molecular flexibility index (Phi) is 6.79. The van der Waals surface area contributed by atoms with Crippen LogP contribution in [0.5, 0.6) is 11.5 Å². The summed E-state index contributed by atoms with van der Waals surface area (Å²) in [5.74, 6) is 0.659. The van der Waals surface area contributed by atoms with E-state index in [0.717, 1.165) is 12.8 Å². The third kappa shape index (κ3) is 4.72. The first kappa shape index (κ1) is 21.2. The summed E-state index contributed by atoms with van der Waals surface area (Å²) >= 11 is 1.77. The predicted molar refractivity (Wildman–Crippen MR) is 114 cm³/mol. The van der Waals surface area contributed by atoms with Crippen LogP contribution in [0.1, 0.15) is 54.0 Å². The van der Waals surface area contributed by atoms with Crippen molar-refractivity contribution in [3.8, 4) is 11.5 Å². The van der Waals surface area contributed by atoms with E-state index in [9.17, 15) is 9.59 Å². The van der Waals surface area contributed by atoms with Gasteiger partial charge in [-0.3, -0.25) is 9.59 Å². The summed E-state index contributed by atoms with van der Waals surface area (Å²) in [7, 11) is 1.53. The molecule has 29 heavy (non-hydrogen) atoms. The molecule has 0 saturated heterocycles. The van der Waals surface area contributed by atoms with Crippen LogP contribution in [0.25, 0.3) is 0 Å². The fourth-order valence-corrected chi connectivity index (χ4v) is 4.60. The topological polar surface area (TPSA) is 67.9 Å². The number of hydrogen-bond donors (Lipinski definition) is 1. The minimum atomic E-state index is -0.201. The third-order valence-corrected chi connectivity index (χ3v) is 5.96. The molecule has 0 fully saturated rings. The number of carbonyl (C=O) groups excluding carboxylic acids is 2. The summed E-state index contributed by atoms with van der Waals surface area (Å²) in [4.78, 5) is 28.4. The number of thiophene rings is 1. The van der Waals surface area contributed by atoms with E-state index in [-0.39, 0.29) is 30.5 Å². The van der Waals surface area contributed by atoms with Gasteiger partial charge >= 0.3 is 0 Å². The van der Waals surface area contributed by atoms with Gasteiger partial charge in [-0.1, -0.05) is 6.92 Å². The molecule has 6 nitrogen and oxygen atoms in total. The van der Waals surface area contributed by atoms with Crippen LogP contribution in [0, 0.1) is 0 Å². The normalized spacial score (nSPS) is 15.8. The van der Waals surface area contributed by atoms with E-state index in [1.807, 2.05) is 18.7 Å². The number of amides is 2. The molecule has 1 aliphatic heterocycles. The quantitative estimate of drug-likeness (QED) is 0.745. The summed E-state index contributed by atoms with van der Waals surface area (Å²) in [6.07, 6.45) is 1.76. The molecule has 0 spiro atoms. The van der Waals surface area contributed by atoms with E-state index in [0.29, 0.717) is 23.6 Å². The van der Waals surface area contributed by atoms with Crippen LogP contribution < -0.4 is 14.8 Å². The monoisotopic (exact) mass is 416 g/mol. The van der Waals surface area contributed by atoms with E-state index in [1.54, 1.807) is 29.5 Å². The largest absolute Gasteiger partial charge is 0.493 e. The second-order valence-corrected chi connectivity index (χ2v) is 8.35. The van der Waals surface area contributed by atoms with Crippen molar-refractivity contribution in [3.63, 3.8) is 0 Å². The number of carbonyl (C=O) groups is 2. The van der Waals surface area contributed by atoms with Crippen LogP contribution in [0.2, 0.25) is 0 Å². The Morgan fingerprint density at radius 1 is 1.28 bits per heavy atom. The highest BCUT2D eigenvalue weighted by Crippen LogP contribution is 2.37. The van der Waals surface area contributed by atoms with Crippen LogP contribution in [-0.2, 0) is 11.2 Å². The van der Waals surface area contributed by atoms with Crippen LogP contribution in [0.15, 0.2) is 29.6 Å². The van der Waals surface area contributed by atoms with Crippen LogP contribution in [0.4, 0.5) is 0 Å². The van der Waals surface area contributed by atoms with E-state index in [2.05, 4.69) is 23.7 Å². The molecule has 156 valence electrons. The number of ether oxygens (including phenoxy) is 2. The van der Waals surface area contributed by atoms with Gasteiger partial charge in [0.2, 0.25) is 0 Å². The van der Waals surface area contributed by atoms with E-state index in [1.165, 1.54) is 17.6 Å². The Morgan fingerprint density at radius 3 is 2.76 bits per heavy atom. The van der Waals surface area contributed by atoms with Crippen molar-refractivity contribution in [1.29, 1.82) is 0 Å². The lowest BCUT2D eigenvalue weighted by Gasteiger charge is -2.35. The maximum absolute atomic E-state index is 13.2. The van der Waals surface area contributed by atoms with Gasteiger partial charge in [-0.25, -0.2) is 0 Å². The van der Waals surface area contributed by atoms with Gasteiger partial charge in [0.05, 0.1) is 13.2 Å². The highest BCUT2D eigenvalue weighted by atomic mass is 32.1. The molecular weight excluding hydrogens is 388 g/mol. The number of methoxy groups -OCH3 is 1. The van der Waals surface area contributed by atoms with Crippen molar-refractivity contribution in [2.75, 3.05) is 20.3 Å². The van der Waals surface area contributed by atoms with Crippen LogP contribution in [0.3, 0.4) is 0 Å². The molecule has 1 N–H and O–H groups in total. The summed E-state index contributed by atoms with van der Waals surface area (Å²) in [5, 5.41) is 4.88. The van der Waals surface area contributed by atoms with E-state index in [4.69, 9.17) is 9.47 Å². The molecule has 0 saturated carbocycles. The zero-order valence-electron chi connectivity index (χ0n) is 17.4. The minimum Gasteiger partial charge on any atom is -0.493 e. The molecule has 1 unspecified atom stereocenters. The van der Waals surface area contributed by atoms with Gasteiger partial charge in [0.15, 0.2) is 18.1 Å². The molecule has 3 rings (SSSR count). The summed E-state index contributed by atoms with van der Waals surface area (Å²) in [6, 6.07) is 7.39. The number of nitrogens with zero attached hydrogens (tertiary/aromatic N) is 1. The third-order valence-electron chi connectivity index (χ3n) is 4.96. The van der Waals surface area contributed by atoms with Gasteiger partial charge in [0.1, 0.15) is 0 Å². The number of benzene rings is 1. The average Bonchev–Trinajstić information content (AvgIpc) is 3.19. The first-order chi connectivity index (χ1) is 13.9. The Hall–Kier alpha value is -2.54. The Morgan fingerprint density at radius 2 is 2.07 bits per heavy atom. The highest BCUT2D eigenvalue weighted by molar-refractivity contribution is 7.10. The number of nitrogens with one attached hydrogen (secondary N) is 1. The molecule has 1 aromatic carbocycles. The van der Waals surface area contributed by atoms with Crippen molar-refractivity contribution in [2.45, 2.75) is 45.7 Å². The molecule has 1 aromatic heterocycles. The molecule has 2 amide bonds. The maximum Gasteiger partial charge on any atom is 0.258 e. The van der Waals surface area contributed by atoms with Gasteiger partial charge < -0.3 is 19.7 Å². The smallest absolute Gasteiger partial charge is 0.258 e. The minimum absolute atomic E-state index is 0.0175. The van der Waals surface area contributed by atoms with Crippen LogP contribution >= 0.6 is 11.3 Å². The predicted octanol–water partition coefficient (Wildman–Crippen LogP) is 3.81. The SMILES string of the molecule is CCC1c2ccsc2CCN1C(=O)c1ccc(OCC(=O)NC(C)C)c(OC)c1. The Bertz CT molecular complexity index is 877. The van der Waals surface area contributed by atoms with Gasteiger partial charge in [-0.05, 0) is 61.9 Å². The number of fused-ring (bicyclic) bond motifs is 1. The Labute approximate surface area is 175 Å². The lowest BCUT2D eigenvalue weighted by molar-refractivity contribution is -0.123. The van der Waals surface area contributed by atoms with Gasteiger partial charge in [0, 0.05) is 23.0 Å². The van der Waals surface area contributed by atoms with Crippen molar-refractivity contribution < 1.29 is 19.1 Å². The average molecular weight is 417 g/mol. The number of hydrogen-bond acceptors (Lipinski definition) is 5. The Balaban J connectivity index is 1.75. The molecule has 7 heteroatoms. The molecular formula is C22H28N2O4S. The standard InChI is InChI=1S/C22H28N2O4S/c1-5-17-16-9-11-29-20(16)8-10-24(17)22(26)15-6-7-18(19(12-15)27-4)28-13-21(25)23-14(2)3/h6-7,9,11-12,14,17H,5,8,10,13H2,1-4H3,(H,23,25). The molecule has 2 aromatic rings. The maximum atomic E-state index is 13.2. The molecule has 0 radical (unpaired) electrons. The molecule has 0 aliphatic carbocycles. The highest BCUT2D eigenvalue weighted by Gasteiger charge is 2.31. The zero-order chi connectivity index (χ0) is 21.0. The van der Waals surface area contributed by atoms with Gasteiger partial charge in [-0.15, -0.1) is 11.3 Å². The molecule has 2 heterocycles. The van der Waals surface area contributed by atoms with Crippen molar-refractivity contribution in [3.05, 3.63) is 45.6 Å². The summed E-state index contributed by atoms with van der Waals surface area (Å²) in [6.45, 7) is 6.50. The van der Waals surface area contributed by atoms with Crippen LogP contribution in [-0.4, -0.2) is 43.0 Å². The van der Waals surface area contributed by atoms with Crippen molar-refractivity contribution >= 4 is 23.2 Å². The second kappa shape index (κ2) is 9.31. The van der Waals surface area contributed by atoms with E-state index < -0.39 is 0 Å². The van der Waals surface area contributed by atoms with Gasteiger partial charge in [0.25, 0.3) is 11.8 Å². The molecule has 0 bridgehead atoms. The van der Waals surface area contributed by atoms with Gasteiger partial charge in [-0.2, -0.15) is 0 Å². The van der Waals surface area contributed by atoms with Crippen molar-refractivity contribution in [2.24, 2.45) is 0 Å². The van der Waals surface area contributed by atoms with E-state index >= 15 is 0 Å². The summed E-state index contributed by atoms with van der Waals surface area (Å²) in [5.41, 5.74) is 1.82. The summed E-state index contributed by atoms with van der Waals surface area (Å²) < 4.78 is 11.0. The lowest BCUT2D eigenvalue weighted by atomic mass is 9.97. The lowest BCUT2D eigenvalue weighted by Crippen LogP contribution is -2.39. The first-order valence-electron chi connectivity index (χ1n) is 9.92. The molecule has 1 aliphatic rings. The van der Waals surface area contributed by atoms with Crippen molar-refractivity contribution in [1.82, 2.24) is 10.2 Å². The second-order valence-electron chi connectivity index (χ2n) is 7.35. The fourth-order valence-electron chi connectivity index (χ4n) is 3.67. The first-order valence-corrected chi connectivity index (χ1v) is 10.8. The molecule has 1 atom stereocenters. The zero-order valence-corrected chi connectivity index (χ0v) is 18.2. The number of rotatable bonds is 7.